The molecule has 1 rings (SSSR count). The molecule has 0 heterocycles. The third-order valence-corrected chi connectivity index (χ3v) is 4.48. The standard InChI is InChI=1S/C17H28N2O3.ClH/c1-6-17(7-2,11-18)16(20)19-12(3)14-10-13(21-4)8-9-15(14)22-5;/h8-10,12H,6-7,11,18H2,1-5H3,(H,19,20);1H. The van der Waals surface area contributed by atoms with Crippen molar-refractivity contribution in [1.29, 1.82) is 0 Å². The lowest BCUT2D eigenvalue weighted by Crippen LogP contribution is -2.46. The predicted molar refractivity (Wildman–Crippen MR) is 95.4 cm³/mol. The van der Waals surface area contributed by atoms with Crippen molar-refractivity contribution < 1.29 is 14.3 Å². The first-order valence-electron chi connectivity index (χ1n) is 7.70. The molecule has 0 saturated carbocycles. The zero-order chi connectivity index (χ0) is 16.8. The molecule has 0 bridgehead atoms. The normalized spacial score (nSPS) is 12.1. The molecule has 6 heteroatoms. The number of nitrogens with one attached hydrogen (secondary N) is 1. The molecule has 1 atom stereocenters. The molecule has 0 radical (unpaired) electrons. The number of carbonyl (C=O) groups is 1. The van der Waals surface area contributed by atoms with Gasteiger partial charge < -0.3 is 20.5 Å². The lowest BCUT2D eigenvalue weighted by atomic mass is 9.81. The minimum atomic E-state index is -0.514. The number of amides is 1. The van der Waals surface area contributed by atoms with Crippen LogP contribution >= 0.6 is 12.4 Å². The van der Waals surface area contributed by atoms with Crippen LogP contribution in [0.25, 0.3) is 0 Å². The molecule has 0 saturated heterocycles. The van der Waals surface area contributed by atoms with Crippen molar-refractivity contribution in [1.82, 2.24) is 5.32 Å². The monoisotopic (exact) mass is 344 g/mol. The van der Waals surface area contributed by atoms with E-state index in [2.05, 4.69) is 5.32 Å². The van der Waals surface area contributed by atoms with Crippen LogP contribution in [-0.4, -0.2) is 26.7 Å². The SMILES string of the molecule is CCC(CC)(CN)C(=O)NC(C)c1cc(OC)ccc1OC.Cl. The van der Waals surface area contributed by atoms with Gasteiger partial charge in [0, 0.05) is 12.1 Å². The summed E-state index contributed by atoms with van der Waals surface area (Å²) in [6, 6.07) is 5.36. The van der Waals surface area contributed by atoms with E-state index in [4.69, 9.17) is 15.2 Å². The van der Waals surface area contributed by atoms with Gasteiger partial charge in [-0.2, -0.15) is 0 Å². The average Bonchev–Trinajstić information content (AvgIpc) is 2.56. The molecule has 0 aliphatic rings. The summed E-state index contributed by atoms with van der Waals surface area (Å²) in [7, 11) is 3.23. The molecule has 3 N–H and O–H groups in total. The van der Waals surface area contributed by atoms with E-state index in [1.807, 2.05) is 39.0 Å². The quantitative estimate of drug-likeness (QED) is 0.760. The minimum Gasteiger partial charge on any atom is -0.497 e. The molecule has 1 unspecified atom stereocenters. The van der Waals surface area contributed by atoms with E-state index in [9.17, 15) is 4.79 Å². The Morgan fingerprint density at radius 1 is 1.26 bits per heavy atom. The number of rotatable bonds is 8. The predicted octanol–water partition coefficient (Wildman–Crippen LogP) is 3.07. The van der Waals surface area contributed by atoms with Gasteiger partial charge >= 0.3 is 0 Å². The fourth-order valence-corrected chi connectivity index (χ4v) is 2.56. The van der Waals surface area contributed by atoms with Crippen LogP contribution in [0.3, 0.4) is 0 Å². The summed E-state index contributed by atoms with van der Waals surface area (Å²) in [5.41, 5.74) is 6.21. The summed E-state index contributed by atoms with van der Waals surface area (Å²) in [4.78, 5) is 12.6. The highest BCUT2D eigenvalue weighted by Gasteiger charge is 2.34. The van der Waals surface area contributed by atoms with Crippen LogP contribution in [0.5, 0.6) is 11.5 Å². The number of halogens is 1. The topological polar surface area (TPSA) is 73.6 Å². The summed E-state index contributed by atoms with van der Waals surface area (Å²) in [6.45, 7) is 6.26. The third kappa shape index (κ3) is 4.75. The van der Waals surface area contributed by atoms with Gasteiger partial charge in [-0.05, 0) is 38.0 Å². The van der Waals surface area contributed by atoms with Crippen LogP contribution in [0.4, 0.5) is 0 Å². The van der Waals surface area contributed by atoms with Gasteiger partial charge in [-0.25, -0.2) is 0 Å². The number of nitrogens with two attached hydrogens (primary N) is 1. The van der Waals surface area contributed by atoms with Crippen molar-refractivity contribution in [3.05, 3.63) is 23.8 Å². The number of hydrogen-bond donors (Lipinski definition) is 2. The maximum atomic E-state index is 12.6. The molecule has 23 heavy (non-hydrogen) atoms. The lowest BCUT2D eigenvalue weighted by molar-refractivity contribution is -0.131. The van der Waals surface area contributed by atoms with E-state index in [-0.39, 0.29) is 24.4 Å². The zero-order valence-electron chi connectivity index (χ0n) is 14.6. The number of hydrogen-bond acceptors (Lipinski definition) is 4. The maximum Gasteiger partial charge on any atom is 0.227 e. The Hall–Kier alpha value is -1.46. The Morgan fingerprint density at radius 3 is 2.30 bits per heavy atom. The van der Waals surface area contributed by atoms with E-state index in [1.165, 1.54) is 0 Å². The summed E-state index contributed by atoms with van der Waals surface area (Å²) < 4.78 is 10.6. The molecule has 0 aromatic heterocycles. The number of methoxy groups -OCH3 is 2. The lowest BCUT2D eigenvalue weighted by Gasteiger charge is -2.30. The molecule has 1 aromatic rings. The Balaban J connectivity index is 0.00000484. The van der Waals surface area contributed by atoms with Gasteiger partial charge in [0.15, 0.2) is 0 Å². The highest BCUT2D eigenvalue weighted by molar-refractivity contribution is 5.85. The van der Waals surface area contributed by atoms with Gasteiger partial charge in [-0.15, -0.1) is 12.4 Å². The van der Waals surface area contributed by atoms with E-state index in [1.54, 1.807) is 14.2 Å². The van der Waals surface area contributed by atoms with Crippen LogP contribution < -0.4 is 20.5 Å². The van der Waals surface area contributed by atoms with Gasteiger partial charge in [-0.3, -0.25) is 4.79 Å². The van der Waals surface area contributed by atoms with Crippen LogP contribution in [0, 0.1) is 5.41 Å². The number of benzene rings is 1. The molecule has 1 aromatic carbocycles. The van der Waals surface area contributed by atoms with E-state index < -0.39 is 5.41 Å². The summed E-state index contributed by atoms with van der Waals surface area (Å²) >= 11 is 0. The molecule has 0 fully saturated rings. The fraction of sp³-hybridized carbons (Fsp3) is 0.588. The van der Waals surface area contributed by atoms with E-state index >= 15 is 0 Å². The van der Waals surface area contributed by atoms with Gasteiger partial charge in [0.1, 0.15) is 11.5 Å². The Morgan fingerprint density at radius 2 is 1.87 bits per heavy atom. The molecular formula is C17H29ClN2O3. The highest BCUT2D eigenvalue weighted by Crippen LogP contribution is 2.31. The molecule has 5 nitrogen and oxygen atoms in total. The zero-order valence-corrected chi connectivity index (χ0v) is 15.5. The second kappa shape index (κ2) is 9.63. The average molecular weight is 345 g/mol. The second-order valence-corrected chi connectivity index (χ2v) is 5.49. The number of ether oxygens (including phenoxy) is 2. The number of carbonyl (C=O) groups excluding carboxylic acids is 1. The first-order chi connectivity index (χ1) is 10.5. The largest absolute Gasteiger partial charge is 0.497 e. The Labute approximate surface area is 145 Å². The summed E-state index contributed by atoms with van der Waals surface area (Å²) in [6.07, 6.45) is 1.43. The van der Waals surface area contributed by atoms with Gasteiger partial charge in [-0.1, -0.05) is 13.8 Å². The first kappa shape index (κ1) is 21.5. The van der Waals surface area contributed by atoms with Gasteiger partial charge in [0.05, 0.1) is 25.7 Å². The van der Waals surface area contributed by atoms with Crippen molar-refractivity contribution in [3.63, 3.8) is 0 Å². The van der Waals surface area contributed by atoms with Gasteiger partial charge in [0.25, 0.3) is 0 Å². The molecule has 0 spiro atoms. The van der Waals surface area contributed by atoms with Crippen molar-refractivity contribution in [2.24, 2.45) is 11.1 Å². The van der Waals surface area contributed by atoms with Crippen molar-refractivity contribution in [3.8, 4) is 11.5 Å². The Bertz CT molecular complexity index is 496. The van der Waals surface area contributed by atoms with Crippen LogP contribution in [0.1, 0.15) is 45.2 Å². The Kier molecular flexibility index (Phi) is 9.02. The van der Waals surface area contributed by atoms with Gasteiger partial charge in [0.2, 0.25) is 5.91 Å². The van der Waals surface area contributed by atoms with Crippen molar-refractivity contribution in [2.45, 2.75) is 39.7 Å². The second-order valence-electron chi connectivity index (χ2n) is 5.49. The summed E-state index contributed by atoms with van der Waals surface area (Å²) in [5.74, 6) is 1.44. The van der Waals surface area contributed by atoms with E-state index in [0.717, 1.165) is 17.1 Å². The van der Waals surface area contributed by atoms with Crippen molar-refractivity contribution >= 4 is 18.3 Å². The maximum absolute atomic E-state index is 12.6. The van der Waals surface area contributed by atoms with Crippen LogP contribution in [0.15, 0.2) is 18.2 Å². The molecular weight excluding hydrogens is 316 g/mol. The molecule has 1 amide bonds. The summed E-state index contributed by atoms with van der Waals surface area (Å²) in [5, 5.41) is 3.06. The minimum absolute atomic E-state index is 0. The van der Waals surface area contributed by atoms with E-state index in [0.29, 0.717) is 19.4 Å². The third-order valence-electron chi connectivity index (χ3n) is 4.48. The van der Waals surface area contributed by atoms with Crippen LogP contribution in [0.2, 0.25) is 0 Å². The molecule has 132 valence electrons. The van der Waals surface area contributed by atoms with Crippen molar-refractivity contribution in [2.75, 3.05) is 20.8 Å². The highest BCUT2D eigenvalue weighted by atomic mass is 35.5. The van der Waals surface area contributed by atoms with Crippen LogP contribution in [-0.2, 0) is 4.79 Å². The molecule has 0 aliphatic carbocycles. The molecule has 0 aliphatic heterocycles. The fourth-order valence-electron chi connectivity index (χ4n) is 2.56. The first-order valence-corrected chi connectivity index (χ1v) is 7.70. The smallest absolute Gasteiger partial charge is 0.227 e.